The molecule has 0 aliphatic heterocycles. The van der Waals surface area contributed by atoms with Crippen LogP contribution in [-0.2, 0) is 6.42 Å². The molecule has 0 spiro atoms. The summed E-state index contributed by atoms with van der Waals surface area (Å²) in [6.07, 6.45) is 22.4. The summed E-state index contributed by atoms with van der Waals surface area (Å²) in [6, 6.07) is 6.08. The van der Waals surface area contributed by atoms with Crippen LogP contribution in [0.1, 0.15) is 108 Å². The normalized spacial score (nSPS) is 11.0. The molecule has 0 bridgehead atoms. The monoisotopic (exact) mass is 406 g/mol. The van der Waals surface area contributed by atoms with Crippen molar-refractivity contribution in [3.05, 3.63) is 23.8 Å². The van der Waals surface area contributed by atoms with Gasteiger partial charge in [-0.2, -0.15) is 0 Å². The molecule has 0 amide bonds. The third-order valence-corrected chi connectivity index (χ3v) is 5.84. The minimum Gasteiger partial charge on any atom is -0.497 e. The topological polar surface area (TPSA) is 38.7 Å². The largest absolute Gasteiger partial charge is 0.497 e. The quantitative estimate of drug-likeness (QED) is 0.228. The van der Waals surface area contributed by atoms with E-state index >= 15 is 0 Å². The molecule has 1 aromatic carbocycles. The van der Waals surface area contributed by atoms with E-state index in [0.717, 1.165) is 24.3 Å². The summed E-state index contributed by atoms with van der Waals surface area (Å²) in [5.41, 5.74) is 1.26. The van der Waals surface area contributed by atoms with E-state index < -0.39 is 0 Å². The van der Waals surface area contributed by atoms with Crippen LogP contribution in [0.5, 0.6) is 11.5 Å². The van der Waals surface area contributed by atoms with Crippen molar-refractivity contribution in [3.8, 4) is 11.5 Å². The first-order chi connectivity index (χ1) is 14.3. The van der Waals surface area contributed by atoms with Crippen molar-refractivity contribution < 1.29 is 14.6 Å². The van der Waals surface area contributed by atoms with Gasteiger partial charge in [-0.3, -0.25) is 0 Å². The van der Waals surface area contributed by atoms with Crippen LogP contribution in [0, 0.1) is 0 Å². The minimum atomic E-state index is 0.360. The van der Waals surface area contributed by atoms with E-state index in [9.17, 15) is 0 Å². The van der Waals surface area contributed by atoms with Gasteiger partial charge in [-0.25, -0.2) is 0 Å². The highest BCUT2D eigenvalue weighted by Crippen LogP contribution is 2.25. The van der Waals surface area contributed by atoms with E-state index in [-0.39, 0.29) is 0 Å². The number of rotatable bonds is 20. The molecule has 3 heteroatoms. The molecule has 0 saturated heterocycles. The predicted molar refractivity (Wildman–Crippen MR) is 124 cm³/mol. The van der Waals surface area contributed by atoms with Gasteiger partial charge in [-0.1, -0.05) is 89.9 Å². The number of hydrogen-bond acceptors (Lipinski definition) is 3. The second kappa shape index (κ2) is 18.8. The molecule has 1 aromatic rings. The molecule has 0 fully saturated rings. The number of methoxy groups -OCH3 is 2. The highest BCUT2D eigenvalue weighted by Gasteiger charge is 2.04. The van der Waals surface area contributed by atoms with Crippen LogP contribution in [0.3, 0.4) is 0 Å². The number of aliphatic hydroxyl groups excluding tert-OH is 1. The summed E-state index contributed by atoms with van der Waals surface area (Å²) in [5.74, 6) is 1.89. The zero-order valence-electron chi connectivity index (χ0n) is 19.2. The lowest BCUT2D eigenvalue weighted by Gasteiger charge is -2.10. The zero-order chi connectivity index (χ0) is 21.0. The molecule has 0 radical (unpaired) electrons. The van der Waals surface area contributed by atoms with Gasteiger partial charge < -0.3 is 14.6 Å². The Labute approximate surface area is 180 Å². The summed E-state index contributed by atoms with van der Waals surface area (Å²) in [4.78, 5) is 0. The van der Waals surface area contributed by atoms with Crippen LogP contribution in [0.25, 0.3) is 0 Å². The Hall–Kier alpha value is -1.22. The summed E-state index contributed by atoms with van der Waals surface area (Å²) in [7, 11) is 3.46. The van der Waals surface area contributed by atoms with Gasteiger partial charge in [-0.05, 0) is 43.0 Å². The van der Waals surface area contributed by atoms with Crippen LogP contribution < -0.4 is 9.47 Å². The number of unbranched alkanes of at least 4 members (excludes halogenated alkanes) is 15. The van der Waals surface area contributed by atoms with Crippen molar-refractivity contribution in [2.75, 3.05) is 20.8 Å². The van der Waals surface area contributed by atoms with Gasteiger partial charge in [0.15, 0.2) is 0 Å². The van der Waals surface area contributed by atoms with Crippen molar-refractivity contribution in [3.63, 3.8) is 0 Å². The minimum absolute atomic E-state index is 0.360. The first-order valence-electron chi connectivity index (χ1n) is 12.1. The molecule has 1 rings (SSSR count). The van der Waals surface area contributed by atoms with Gasteiger partial charge in [0.05, 0.1) is 14.2 Å². The van der Waals surface area contributed by atoms with Gasteiger partial charge in [-0.15, -0.1) is 0 Å². The Kier molecular flexibility index (Phi) is 16.7. The standard InChI is InChI=1S/C26H46O3/c1-28-25-20-21-26(29-2)24(23-25)19-17-15-13-11-9-7-5-3-4-6-8-10-12-14-16-18-22-27/h20-21,23,27H,3-19,22H2,1-2H3. The van der Waals surface area contributed by atoms with Crippen LogP contribution >= 0.6 is 0 Å². The fourth-order valence-corrected chi connectivity index (χ4v) is 3.98. The molecule has 0 heterocycles. The maximum absolute atomic E-state index is 8.75. The lowest BCUT2D eigenvalue weighted by molar-refractivity contribution is 0.282. The van der Waals surface area contributed by atoms with E-state index in [4.69, 9.17) is 14.6 Å². The van der Waals surface area contributed by atoms with E-state index in [2.05, 4.69) is 6.07 Å². The highest BCUT2D eigenvalue weighted by atomic mass is 16.5. The molecule has 3 nitrogen and oxygen atoms in total. The molecule has 1 N–H and O–H groups in total. The Morgan fingerprint density at radius 1 is 0.586 bits per heavy atom. The average molecular weight is 407 g/mol. The third-order valence-electron chi connectivity index (χ3n) is 5.84. The van der Waals surface area contributed by atoms with Crippen LogP contribution in [0.15, 0.2) is 18.2 Å². The third kappa shape index (κ3) is 13.6. The zero-order valence-corrected chi connectivity index (χ0v) is 19.2. The fraction of sp³-hybridized carbons (Fsp3) is 0.769. The molecule has 29 heavy (non-hydrogen) atoms. The maximum Gasteiger partial charge on any atom is 0.122 e. The Morgan fingerprint density at radius 3 is 1.45 bits per heavy atom. The number of aryl methyl sites for hydroxylation is 1. The molecule has 0 aliphatic rings. The molecular weight excluding hydrogens is 360 g/mol. The lowest BCUT2D eigenvalue weighted by atomic mass is 10.0. The van der Waals surface area contributed by atoms with Crippen molar-refractivity contribution in [1.29, 1.82) is 0 Å². The van der Waals surface area contributed by atoms with E-state index in [1.54, 1.807) is 14.2 Å². The lowest BCUT2D eigenvalue weighted by Crippen LogP contribution is -1.94. The molecular formula is C26H46O3. The molecule has 0 aromatic heterocycles. The fourth-order valence-electron chi connectivity index (χ4n) is 3.98. The molecule has 0 atom stereocenters. The first-order valence-corrected chi connectivity index (χ1v) is 12.1. The van der Waals surface area contributed by atoms with E-state index in [1.165, 1.54) is 102 Å². The van der Waals surface area contributed by atoms with Crippen molar-refractivity contribution in [2.24, 2.45) is 0 Å². The van der Waals surface area contributed by atoms with Crippen molar-refractivity contribution in [2.45, 2.75) is 109 Å². The van der Waals surface area contributed by atoms with Crippen molar-refractivity contribution >= 4 is 0 Å². The molecule has 0 aliphatic carbocycles. The van der Waals surface area contributed by atoms with E-state index in [0.29, 0.717) is 6.61 Å². The van der Waals surface area contributed by atoms with Gasteiger partial charge in [0.2, 0.25) is 0 Å². The molecule has 0 saturated carbocycles. The van der Waals surface area contributed by atoms with E-state index in [1.807, 2.05) is 12.1 Å². The van der Waals surface area contributed by atoms with Crippen molar-refractivity contribution in [1.82, 2.24) is 0 Å². The molecule has 168 valence electrons. The second-order valence-electron chi connectivity index (χ2n) is 8.31. The maximum atomic E-state index is 8.75. The second-order valence-corrected chi connectivity index (χ2v) is 8.31. The number of ether oxygens (including phenoxy) is 2. The SMILES string of the molecule is COc1ccc(OC)c(CCCCCCCCCCCCCCCCCCO)c1. The van der Waals surface area contributed by atoms with Gasteiger partial charge >= 0.3 is 0 Å². The molecule has 0 unspecified atom stereocenters. The van der Waals surface area contributed by atoms with Gasteiger partial charge in [0.1, 0.15) is 11.5 Å². The predicted octanol–water partition coefficient (Wildman–Crippen LogP) is 7.48. The summed E-state index contributed by atoms with van der Waals surface area (Å²) < 4.78 is 10.8. The van der Waals surface area contributed by atoms with Crippen LogP contribution in [0.2, 0.25) is 0 Å². The number of benzene rings is 1. The Balaban J connectivity index is 1.87. The summed E-state index contributed by atoms with van der Waals surface area (Å²) in [5, 5.41) is 8.75. The highest BCUT2D eigenvalue weighted by molar-refractivity contribution is 5.40. The summed E-state index contributed by atoms with van der Waals surface area (Å²) in [6.45, 7) is 0.360. The smallest absolute Gasteiger partial charge is 0.122 e. The summed E-state index contributed by atoms with van der Waals surface area (Å²) >= 11 is 0. The Morgan fingerprint density at radius 2 is 1.03 bits per heavy atom. The average Bonchev–Trinajstić information content (AvgIpc) is 2.75. The van der Waals surface area contributed by atoms with Gasteiger partial charge in [0, 0.05) is 6.61 Å². The number of aliphatic hydroxyl groups is 1. The number of hydrogen-bond donors (Lipinski definition) is 1. The first kappa shape index (κ1) is 25.8. The Bertz CT molecular complexity index is 487. The van der Waals surface area contributed by atoms with Crippen LogP contribution in [-0.4, -0.2) is 25.9 Å². The van der Waals surface area contributed by atoms with Crippen LogP contribution in [0.4, 0.5) is 0 Å². The van der Waals surface area contributed by atoms with Gasteiger partial charge in [0.25, 0.3) is 0 Å².